The van der Waals surface area contributed by atoms with Crippen molar-refractivity contribution in [2.45, 2.75) is 38.0 Å². The molecule has 1 aliphatic heterocycles. The molecule has 2 unspecified atom stereocenters. The minimum Gasteiger partial charge on any atom is -0.494 e. The maximum Gasteiger partial charge on any atom is 0.293 e. The summed E-state index contributed by atoms with van der Waals surface area (Å²) < 4.78 is 15.5. The van der Waals surface area contributed by atoms with Crippen molar-refractivity contribution in [1.29, 1.82) is 0 Å². The zero-order chi connectivity index (χ0) is 25.7. The predicted molar refractivity (Wildman–Crippen MR) is 140 cm³/mol. The third-order valence-corrected chi connectivity index (χ3v) is 9.45. The number of likely N-dealkylation sites (tertiary alicyclic amines) is 1. The first-order valence-corrected chi connectivity index (χ1v) is 13.5. The Hall–Kier alpha value is -3.88. The van der Waals surface area contributed by atoms with Gasteiger partial charge in [0.05, 0.1) is 24.4 Å². The molecular weight excluding hydrogens is 482 g/mol. The van der Waals surface area contributed by atoms with E-state index in [2.05, 4.69) is 26.3 Å². The molecule has 3 saturated carbocycles. The Kier molecular flexibility index (Phi) is 4.55. The van der Waals surface area contributed by atoms with Crippen LogP contribution in [0.15, 0.2) is 36.5 Å². The van der Waals surface area contributed by atoms with Gasteiger partial charge >= 0.3 is 0 Å². The van der Waals surface area contributed by atoms with E-state index in [1.807, 2.05) is 36.3 Å². The quantitative estimate of drug-likeness (QED) is 0.352. The van der Waals surface area contributed by atoms with E-state index < -0.39 is 0 Å². The standard InChI is InChI=1S/C29H29N5O4/c1-32-24-20(31-28(32)21-10-16-4-3-7-30-27(16)33(21)12-15-5-6-15)9-17(11-22(24)37-2)29(36)34-13-18-8-19-23(18)25(34)26(19)38-14-35/h3-4,7,9-11,14-15,18-19,23,25-26H,5-6,8,12-13H2,1-2H3/t18-,19?,23+,25+,26?/m1/s1. The minimum atomic E-state index is -0.186. The molecule has 4 fully saturated rings. The van der Waals surface area contributed by atoms with E-state index in [0.29, 0.717) is 48.0 Å². The van der Waals surface area contributed by atoms with Crippen molar-refractivity contribution in [3.63, 3.8) is 0 Å². The van der Waals surface area contributed by atoms with Gasteiger partial charge in [0.2, 0.25) is 0 Å². The van der Waals surface area contributed by atoms with E-state index in [0.717, 1.165) is 46.6 Å². The van der Waals surface area contributed by atoms with Crippen LogP contribution in [0.1, 0.15) is 29.6 Å². The largest absolute Gasteiger partial charge is 0.494 e. The number of ether oxygens (including phenoxy) is 2. The van der Waals surface area contributed by atoms with Crippen molar-refractivity contribution in [1.82, 2.24) is 24.0 Å². The van der Waals surface area contributed by atoms with Gasteiger partial charge in [0.15, 0.2) is 5.82 Å². The summed E-state index contributed by atoms with van der Waals surface area (Å²) in [6.07, 6.45) is 5.16. The number of imidazole rings is 1. The molecule has 3 aliphatic carbocycles. The third-order valence-electron chi connectivity index (χ3n) is 9.45. The van der Waals surface area contributed by atoms with E-state index >= 15 is 0 Å². The van der Waals surface area contributed by atoms with Crippen molar-refractivity contribution in [3.8, 4) is 17.3 Å². The second-order valence-electron chi connectivity index (χ2n) is 11.4. The third kappa shape index (κ3) is 2.93. The van der Waals surface area contributed by atoms with Crippen molar-refractivity contribution in [3.05, 3.63) is 42.1 Å². The first-order chi connectivity index (χ1) is 18.6. The summed E-state index contributed by atoms with van der Waals surface area (Å²) in [7, 11) is 3.62. The van der Waals surface area contributed by atoms with E-state index in [9.17, 15) is 9.59 Å². The highest BCUT2D eigenvalue weighted by Crippen LogP contribution is 2.61. The van der Waals surface area contributed by atoms with Crippen LogP contribution in [0, 0.1) is 23.7 Å². The molecule has 1 saturated heterocycles. The molecule has 38 heavy (non-hydrogen) atoms. The van der Waals surface area contributed by atoms with Gasteiger partial charge in [-0.05, 0) is 67.3 Å². The molecule has 1 amide bonds. The summed E-state index contributed by atoms with van der Waals surface area (Å²) in [5.41, 5.74) is 4.11. The molecule has 0 spiro atoms. The van der Waals surface area contributed by atoms with E-state index in [1.165, 1.54) is 12.8 Å². The fourth-order valence-corrected chi connectivity index (χ4v) is 7.45. The second-order valence-corrected chi connectivity index (χ2v) is 11.4. The smallest absolute Gasteiger partial charge is 0.293 e. The van der Waals surface area contributed by atoms with Crippen molar-refractivity contribution in [2.24, 2.45) is 30.7 Å². The number of aromatic nitrogens is 4. The topological polar surface area (TPSA) is 91.5 Å². The summed E-state index contributed by atoms with van der Waals surface area (Å²) >= 11 is 0. The fourth-order valence-electron chi connectivity index (χ4n) is 7.45. The normalized spacial score (nSPS) is 27.2. The van der Waals surface area contributed by atoms with Crippen LogP contribution >= 0.6 is 0 Å². The van der Waals surface area contributed by atoms with Gasteiger partial charge in [-0.1, -0.05) is 0 Å². The number of pyridine rings is 1. The van der Waals surface area contributed by atoms with Crippen molar-refractivity contribution >= 4 is 34.4 Å². The Labute approximate surface area is 219 Å². The highest BCUT2D eigenvalue weighted by Gasteiger charge is 2.69. The molecule has 8 rings (SSSR count). The van der Waals surface area contributed by atoms with Crippen LogP contribution in [0.3, 0.4) is 0 Å². The molecular formula is C29H29N5O4. The number of benzene rings is 1. The Balaban J connectivity index is 1.21. The van der Waals surface area contributed by atoms with Crippen molar-refractivity contribution < 1.29 is 19.1 Å². The number of amides is 1. The lowest BCUT2D eigenvalue weighted by molar-refractivity contribution is -0.178. The molecule has 5 atom stereocenters. The number of carbonyl (C=O) groups is 2. The molecule has 0 radical (unpaired) electrons. The number of nitrogens with zero attached hydrogens (tertiary/aromatic N) is 5. The van der Waals surface area contributed by atoms with Gasteiger partial charge in [0.1, 0.15) is 23.0 Å². The first kappa shape index (κ1) is 22.1. The van der Waals surface area contributed by atoms with E-state index in [-0.39, 0.29) is 18.1 Å². The van der Waals surface area contributed by atoms with Gasteiger partial charge in [-0.25, -0.2) is 9.97 Å². The molecule has 9 nitrogen and oxygen atoms in total. The molecule has 0 bridgehead atoms. The number of aryl methyl sites for hydroxylation is 1. The molecule has 1 aromatic carbocycles. The van der Waals surface area contributed by atoms with E-state index in [1.54, 1.807) is 7.11 Å². The predicted octanol–water partition coefficient (Wildman–Crippen LogP) is 3.64. The molecule has 0 N–H and O–H groups in total. The zero-order valence-electron chi connectivity index (χ0n) is 21.4. The number of carbonyl (C=O) groups excluding carboxylic acids is 2. The SMILES string of the molecule is COc1cc(C(=O)N2C[C@H]3CC4C(OC=O)[C@@H]2[C@H]43)cc2nc(-c3cc4cccnc4n3CC3CC3)n(C)c12. The molecule has 3 aromatic heterocycles. The van der Waals surface area contributed by atoms with Crippen LogP contribution in [0.2, 0.25) is 0 Å². The number of hydrogen-bond acceptors (Lipinski definition) is 6. The van der Waals surface area contributed by atoms with Gasteiger partial charge in [0.25, 0.3) is 12.4 Å². The first-order valence-electron chi connectivity index (χ1n) is 13.5. The molecule has 4 aliphatic rings. The Morgan fingerprint density at radius 3 is 2.89 bits per heavy atom. The van der Waals surface area contributed by atoms with Gasteiger partial charge in [-0.2, -0.15) is 0 Å². The average molecular weight is 512 g/mol. The summed E-state index contributed by atoms with van der Waals surface area (Å²) in [6, 6.07) is 9.88. The molecule has 4 aromatic rings. The summed E-state index contributed by atoms with van der Waals surface area (Å²) in [5, 5.41) is 1.09. The van der Waals surface area contributed by atoms with Gasteiger partial charge in [0, 0.05) is 43.2 Å². The maximum atomic E-state index is 13.8. The maximum absolute atomic E-state index is 13.8. The lowest BCUT2D eigenvalue weighted by Gasteiger charge is -2.57. The number of methoxy groups -OCH3 is 1. The second kappa shape index (κ2) is 7.82. The Morgan fingerprint density at radius 2 is 2.11 bits per heavy atom. The van der Waals surface area contributed by atoms with Crippen LogP contribution in [-0.4, -0.2) is 62.2 Å². The highest BCUT2D eigenvalue weighted by atomic mass is 16.5. The number of hydrogen-bond donors (Lipinski definition) is 0. The summed E-state index contributed by atoms with van der Waals surface area (Å²) in [6.45, 7) is 2.16. The summed E-state index contributed by atoms with van der Waals surface area (Å²) in [4.78, 5) is 36.5. The molecule has 9 heteroatoms. The molecule has 194 valence electrons. The van der Waals surface area contributed by atoms with Crippen LogP contribution < -0.4 is 4.74 Å². The number of fused-ring (bicyclic) bond motifs is 2. The Bertz CT molecular complexity index is 1630. The monoisotopic (exact) mass is 511 g/mol. The van der Waals surface area contributed by atoms with Gasteiger partial charge in [-0.15, -0.1) is 0 Å². The number of rotatable bonds is 7. The van der Waals surface area contributed by atoms with E-state index in [4.69, 9.17) is 14.5 Å². The van der Waals surface area contributed by atoms with Crippen molar-refractivity contribution in [2.75, 3.05) is 13.7 Å². The molecule has 4 heterocycles. The van der Waals surface area contributed by atoms with Crippen LogP contribution in [0.4, 0.5) is 0 Å². The van der Waals surface area contributed by atoms with Crippen LogP contribution in [0.25, 0.3) is 33.6 Å². The van der Waals surface area contributed by atoms with Crippen LogP contribution in [0.5, 0.6) is 5.75 Å². The highest BCUT2D eigenvalue weighted by molar-refractivity contribution is 6.00. The van der Waals surface area contributed by atoms with Crippen LogP contribution in [-0.2, 0) is 23.1 Å². The zero-order valence-corrected chi connectivity index (χ0v) is 21.4. The Morgan fingerprint density at radius 1 is 1.24 bits per heavy atom. The minimum absolute atomic E-state index is 0.0249. The average Bonchev–Trinajstić information content (AvgIpc) is 3.56. The summed E-state index contributed by atoms with van der Waals surface area (Å²) in [5.74, 6) is 3.43. The van der Waals surface area contributed by atoms with Gasteiger partial charge in [-0.3, -0.25) is 9.59 Å². The lowest BCUT2D eigenvalue weighted by Crippen LogP contribution is -2.65. The fraction of sp³-hybridized carbons (Fsp3) is 0.448. The lowest BCUT2D eigenvalue weighted by atomic mass is 9.51. The van der Waals surface area contributed by atoms with Gasteiger partial charge < -0.3 is 23.5 Å².